The molecule has 0 aliphatic heterocycles. The van der Waals surface area contributed by atoms with Crippen LogP contribution in [-0.2, 0) is 18.8 Å². The minimum Gasteiger partial charge on any atom is -0.449 e. The molecule has 1 unspecified atom stereocenters. The first-order chi connectivity index (χ1) is 15.2. The van der Waals surface area contributed by atoms with E-state index in [0.29, 0.717) is 12.0 Å². The monoisotopic (exact) mass is 450 g/mol. The highest BCUT2D eigenvalue weighted by molar-refractivity contribution is 7.10. The molecule has 1 rings (SSSR count). The van der Waals surface area contributed by atoms with Crippen LogP contribution in [0.15, 0.2) is 30.3 Å². The van der Waals surface area contributed by atoms with Crippen molar-refractivity contribution in [3.05, 3.63) is 35.9 Å². The number of esters is 1. The summed E-state index contributed by atoms with van der Waals surface area (Å²) in [5, 5.41) is 0. The van der Waals surface area contributed by atoms with Crippen LogP contribution in [0.3, 0.4) is 0 Å². The van der Waals surface area contributed by atoms with E-state index in [1.807, 2.05) is 15.5 Å². The molecule has 0 spiro atoms. The predicted octanol–water partition coefficient (Wildman–Crippen LogP) is 7.87. The third-order valence-corrected chi connectivity index (χ3v) is 5.90. The van der Waals surface area contributed by atoms with Crippen LogP contribution in [0, 0.1) is 0 Å². The maximum absolute atomic E-state index is 12.1. The molecule has 0 aromatic heterocycles. The Morgan fingerprint density at radius 2 is 1.19 bits per heavy atom. The fourth-order valence-corrected chi connectivity index (χ4v) is 3.90. The first-order valence-corrected chi connectivity index (χ1v) is 12.8. The average Bonchev–Trinajstić information content (AvgIpc) is 2.80. The molecule has 0 heterocycles. The lowest BCUT2D eigenvalue weighted by atomic mass is 10.0. The number of hydrogen-bond donors (Lipinski definition) is 0. The summed E-state index contributed by atoms with van der Waals surface area (Å²) < 4.78 is 10.1. The molecule has 176 valence electrons. The van der Waals surface area contributed by atoms with E-state index in [2.05, 4.69) is 6.92 Å². The van der Waals surface area contributed by atoms with Gasteiger partial charge in [-0.05, 0) is 6.42 Å². The van der Waals surface area contributed by atoms with Crippen LogP contribution in [0.25, 0.3) is 0 Å². The van der Waals surface area contributed by atoms with Gasteiger partial charge in [-0.2, -0.15) is 0 Å². The third-order valence-electron chi connectivity index (χ3n) is 5.67. The molecule has 0 fully saturated rings. The van der Waals surface area contributed by atoms with Gasteiger partial charge in [-0.25, -0.2) is 4.79 Å². The van der Waals surface area contributed by atoms with Crippen LogP contribution in [-0.4, -0.2) is 11.9 Å². The minimum absolute atomic E-state index is 0.339. The van der Waals surface area contributed by atoms with Crippen molar-refractivity contribution in [2.75, 3.05) is 0 Å². The molecule has 0 aliphatic rings. The maximum Gasteiger partial charge on any atom is 0.354 e. The molecular weight excluding hydrogens is 407 g/mol. The lowest BCUT2D eigenvalue weighted by Crippen LogP contribution is -2.19. The first kappa shape index (κ1) is 27.6. The van der Waals surface area contributed by atoms with Crippen molar-refractivity contribution in [1.29, 1.82) is 0 Å². The molecule has 0 N–H and O–H groups in total. The summed E-state index contributed by atoms with van der Waals surface area (Å²) >= 11 is 0. The van der Waals surface area contributed by atoms with Crippen molar-refractivity contribution in [3.63, 3.8) is 0 Å². The summed E-state index contributed by atoms with van der Waals surface area (Å²) in [5.41, 5.74) is 0.625. The fraction of sp³-hybridized carbons (Fsp3) is 0.692. The summed E-state index contributed by atoms with van der Waals surface area (Å²) in [6.07, 6.45) is 18.6. The van der Waals surface area contributed by atoms with Gasteiger partial charge in [0.2, 0.25) is 6.10 Å². The minimum atomic E-state index is -0.998. The average molecular weight is 451 g/mol. The summed E-state index contributed by atoms with van der Waals surface area (Å²) in [7, 11) is 1.92. The Morgan fingerprint density at radius 1 is 0.742 bits per heavy atom. The number of unbranched alkanes of at least 4 members (excludes halogenated alkanes) is 14. The number of rotatable bonds is 19. The van der Waals surface area contributed by atoms with Crippen LogP contribution in [0.1, 0.15) is 121 Å². The molecule has 1 aromatic carbocycles. The molecule has 0 radical (unpaired) electrons. The van der Waals surface area contributed by atoms with Gasteiger partial charge in [0, 0.05) is 12.0 Å². The molecular formula is C26H43O4P. The molecule has 0 saturated heterocycles. The van der Waals surface area contributed by atoms with E-state index >= 15 is 0 Å². The highest BCUT2D eigenvalue weighted by Gasteiger charge is 2.25. The van der Waals surface area contributed by atoms with Crippen molar-refractivity contribution in [2.24, 2.45) is 0 Å². The zero-order valence-electron chi connectivity index (χ0n) is 19.5. The molecule has 4 nitrogen and oxygen atoms in total. The van der Waals surface area contributed by atoms with Crippen LogP contribution < -0.4 is 0 Å². The molecule has 5 heteroatoms. The number of ether oxygens (including phenoxy) is 1. The first-order valence-electron chi connectivity index (χ1n) is 12.3. The molecule has 0 aliphatic carbocycles. The molecule has 0 saturated carbocycles. The van der Waals surface area contributed by atoms with E-state index in [9.17, 15) is 9.59 Å². The Morgan fingerprint density at radius 3 is 1.65 bits per heavy atom. The normalized spacial score (nSPS) is 11.8. The lowest BCUT2D eigenvalue weighted by molar-refractivity contribution is -0.162. The highest BCUT2D eigenvalue weighted by Crippen LogP contribution is 2.21. The second-order valence-corrected chi connectivity index (χ2v) is 8.65. The number of carbonyl (C=O) groups excluding carboxylic acids is 2. The number of carbonyl (C=O) groups is 2. The molecule has 2 atom stereocenters. The van der Waals surface area contributed by atoms with Crippen molar-refractivity contribution >= 4 is 21.4 Å². The smallest absolute Gasteiger partial charge is 0.354 e. The topological polar surface area (TPSA) is 52.6 Å². The maximum atomic E-state index is 12.1. The Labute approximate surface area is 192 Å². The van der Waals surface area contributed by atoms with Gasteiger partial charge < -0.3 is 9.26 Å². The zero-order chi connectivity index (χ0) is 22.6. The van der Waals surface area contributed by atoms with Gasteiger partial charge in [0.1, 0.15) is 0 Å². The Balaban J connectivity index is 2.00. The second kappa shape index (κ2) is 19.3. The third kappa shape index (κ3) is 14.3. The van der Waals surface area contributed by atoms with Crippen molar-refractivity contribution < 1.29 is 18.8 Å². The zero-order valence-corrected chi connectivity index (χ0v) is 20.6. The lowest BCUT2D eigenvalue weighted by Gasteiger charge is -2.15. The fourth-order valence-electron chi connectivity index (χ4n) is 3.77. The quantitative estimate of drug-likeness (QED) is 0.122. The van der Waals surface area contributed by atoms with Crippen LogP contribution in [0.4, 0.5) is 0 Å². The predicted molar refractivity (Wildman–Crippen MR) is 131 cm³/mol. The van der Waals surface area contributed by atoms with Gasteiger partial charge >= 0.3 is 11.9 Å². The summed E-state index contributed by atoms with van der Waals surface area (Å²) in [5.74, 6) is -0.931. The summed E-state index contributed by atoms with van der Waals surface area (Å²) in [6.45, 7) is 2.27. The number of hydrogen-bond acceptors (Lipinski definition) is 4. The number of benzene rings is 1. The van der Waals surface area contributed by atoms with E-state index in [4.69, 9.17) is 9.26 Å². The van der Waals surface area contributed by atoms with E-state index < -0.39 is 12.1 Å². The standard InChI is InChI=1S/C26H43O4P/c1-2-3-4-5-6-7-8-9-10-11-12-13-14-15-19-22-24(27)29-25(26(28)30-31)23-20-17-16-18-21-23/h16-18,20-21,25H,2-15,19,22,31H2,1H3/t25-/m0/s1. The molecule has 0 bridgehead atoms. The van der Waals surface area contributed by atoms with Crippen molar-refractivity contribution in [1.82, 2.24) is 0 Å². The SMILES string of the molecule is CCCCCCCCCCCCCCCCCC(=O)O[C@H](C(=O)OP)c1ccccc1. The van der Waals surface area contributed by atoms with Crippen molar-refractivity contribution in [2.45, 2.75) is 116 Å². The van der Waals surface area contributed by atoms with Gasteiger partial charge in [0.05, 0.1) is 9.47 Å². The van der Waals surface area contributed by atoms with Gasteiger partial charge in [-0.1, -0.05) is 127 Å². The molecule has 0 amide bonds. The Kier molecular flexibility index (Phi) is 17.2. The summed E-state index contributed by atoms with van der Waals surface area (Å²) in [4.78, 5) is 24.1. The molecule has 1 aromatic rings. The van der Waals surface area contributed by atoms with E-state index in [1.165, 1.54) is 77.0 Å². The Bertz CT molecular complexity index is 576. The van der Waals surface area contributed by atoms with E-state index in [0.717, 1.165) is 19.3 Å². The van der Waals surface area contributed by atoms with Gasteiger partial charge in [-0.15, -0.1) is 0 Å². The van der Waals surface area contributed by atoms with Gasteiger partial charge in [-0.3, -0.25) is 4.79 Å². The highest BCUT2D eigenvalue weighted by atomic mass is 31.0. The second-order valence-electron chi connectivity index (χ2n) is 8.42. The molecule has 31 heavy (non-hydrogen) atoms. The van der Waals surface area contributed by atoms with E-state index in [1.54, 1.807) is 24.3 Å². The Hall–Kier alpha value is -1.41. The van der Waals surface area contributed by atoms with Crippen molar-refractivity contribution in [3.8, 4) is 0 Å². The van der Waals surface area contributed by atoms with Crippen LogP contribution in [0.5, 0.6) is 0 Å². The van der Waals surface area contributed by atoms with Gasteiger partial charge in [0.15, 0.2) is 0 Å². The van der Waals surface area contributed by atoms with Crippen LogP contribution >= 0.6 is 9.47 Å². The van der Waals surface area contributed by atoms with E-state index in [-0.39, 0.29) is 5.97 Å². The van der Waals surface area contributed by atoms with Gasteiger partial charge in [0.25, 0.3) is 0 Å². The van der Waals surface area contributed by atoms with Crippen LogP contribution in [0.2, 0.25) is 0 Å². The largest absolute Gasteiger partial charge is 0.449 e. The summed E-state index contributed by atoms with van der Waals surface area (Å²) in [6, 6.07) is 8.98.